The first-order valence-electron chi connectivity index (χ1n) is 13.1. The molecule has 2 aromatic rings. The monoisotopic (exact) mass is 486 g/mol. The zero-order valence-electron chi connectivity index (χ0n) is 20.8. The first-order valence-corrected chi connectivity index (χ1v) is 13.1. The number of pyridine rings is 1. The molecule has 1 saturated carbocycles. The summed E-state index contributed by atoms with van der Waals surface area (Å²) in [6.45, 7) is 1.86. The molecule has 2 fully saturated rings. The van der Waals surface area contributed by atoms with E-state index in [1.807, 2.05) is 0 Å². The molecular formula is C28H39FN2O4. The molecule has 1 aliphatic heterocycles. The van der Waals surface area contributed by atoms with E-state index in [9.17, 15) is 19.4 Å². The van der Waals surface area contributed by atoms with Crippen molar-refractivity contribution in [2.24, 2.45) is 11.3 Å². The molecule has 0 spiro atoms. The van der Waals surface area contributed by atoms with E-state index >= 15 is 0 Å². The van der Waals surface area contributed by atoms with Gasteiger partial charge in [-0.3, -0.25) is 9.78 Å². The molecule has 1 aromatic carbocycles. The van der Waals surface area contributed by atoms with E-state index < -0.39 is 24.2 Å². The van der Waals surface area contributed by atoms with Gasteiger partial charge >= 0.3 is 5.97 Å². The van der Waals surface area contributed by atoms with Crippen molar-refractivity contribution in [3.8, 4) is 5.75 Å². The summed E-state index contributed by atoms with van der Waals surface area (Å²) in [5.74, 6) is 0.638. The Hall–Kier alpha value is -2.25. The molecule has 192 valence electrons. The maximum absolute atomic E-state index is 13.8. The minimum absolute atomic E-state index is 0.262. The van der Waals surface area contributed by atoms with Gasteiger partial charge in [0.1, 0.15) is 12.4 Å². The van der Waals surface area contributed by atoms with Crippen molar-refractivity contribution in [2.75, 3.05) is 26.7 Å². The number of halogens is 1. The molecule has 0 unspecified atom stereocenters. The Labute approximate surface area is 207 Å². The molecular weight excluding hydrogens is 447 g/mol. The Kier molecular flexibility index (Phi) is 8.60. The van der Waals surface area contributed by atoms with Crippen LogP contribution in [0.2, 0.25) is 0 Å². The third-order valence-corrected chi connectivity index (χ3v) is 8.42. The summed E-state index contributed by atoms with van der Waals surface area (Å²) in [6, 6.07) is 5.33. The van der Waals surface area contributed by atoms with Gasteiger partial charge in [0.05, 0.1) is 24.1 Å². The Balaban J connectivity index is 1.42. The van der Waals surface area contributed by atoms with Crippen LogP contribution >= 0.6 is 0 Å². The molecule has 1 aromatic heterocycles. The number of likely N-dealkylation sites (tertiary alicyclic amines) is 1. The van der Waals surface area contributed by atoms with Gasteiger partial charge in [-0.2, -0.15) is 0 Å². The molecule has 1 saturated heterocycles. The van der Waals surface area contributed by atoms with Gasteiger partial charge in [-0.15, -0.1) is 0 Å². The highest BCUT2D eigenvalue weighted by molar-refractivity contribution is 5.85. The Morgan fingerprint density at radius 1 is 1.26 bits per heavy atom. The van der Waals surface area contributed by atoms with Crippen molar-refractivity contribution < 1.29 is 24.1 Å². The summed E-state index contributed by atoms with van der Waals surface area (Å²) in [5, 5.41) is 22.0. The standard InChI is InChI=1S/C28H39FN2O4/c1-35-22-7-8-24-23(17-22)26(21(18-29)19-30-24)25(32)9-11-28(27(33)34)12-15-31(16-13-28)14-10-20-5-3-2-4-6-20/h7-8,17,19-20,25,32H,2-6,9-16,18H2,1H3,(H,33,34)/t25-/m1/s1. The van der Waals surface area contributed by atoms with Crippen molar-refractivity contribution in [3.63, 3.8) is 0 Å². The fraction of sp³-hybridized carbons (Fsp3) is 0.643. The summed E-state index contributed by atoms with van der Waals surface area (Å²) in [6.07, 6.45) is 10.2. The number of aliphatic carboxylic acids is 1. The SMILES string of the molecule is COc1ccc2ncc(CF)c([C@H](O)CCC3(C(=O)O)CCN(CCC4CCCCC4)CC3)c2c1. The number of aliphatic hydroxyl groups is 1. The predicted octanol–water partition coefficient (Wildman–Crippen LogP) is 5.66. The van der Waals surface area contributed by atoms with E-state index in [1.165, 1.54) is 44.7 Å². The summed E-state index contributed by atoms with van der Waals surface area (Å²) >= 11 is 0. The maximum atomic E-state index is 13.8. The highest BCUT2D eigenvalue weighted by Crippen LogP contribution is 2.41. The van der Waals surface area contributed by atoms with Crippen molar-refractivity contribution in [1.29, 1.82) is 0 Å². The summed E-state index contributed by atoms with van der Waals surface area (Å²) in [5.41, 5.74) is 0.622. The Morgan fingerprint density at radius 3 is 2.66 bits per heavy atom. The molecule has 6 nitrogen and oxygen atoms in total. The van der Waals surface area contributed by atoms with Gasteiger partial charge < -0.3 is 19.8 Å². The number of ether oxygens (including phenoxy) is 1. The van der Waals surface area contributed by atoms with E-state index in [0.29, 0.717) is 47.0 Å². The number of alkyl halides is 1. The number of piperidine rings is 1. The number of hydrogen-bond donors (Lipinski definition) is 2. The second kappa shape index (κ2) is 11.7. The smallest absolute Gasteiger partial charge is 0.309 e. The number of carbonyl (C=O) groups is 1. The molecule has 2 heterocycles. The largest absolute Gasteiger partial charge is 0.497 e. The fourth-order valence-corrected chi connectivity index (χ4v) is 6.03. The average Bonchev–Trinajstić information content (AvgIpc) is 2.90. The first kappa shape index (κ1) is 25.8. The summed E-state index contributed by atoms with van der Waals surface area (Å²) in [4.78, 5) is 19.1. The molecule has 0 radical (unpaired) electrons. The number of benzene rings is 1. The molecule has 2 N–H and O–H groups in total. The highest BCUT2D eigenvalue weighted by atomic mass is 19.1. The number of aromatic nitrogens is 1. The molecule has 35 heavy (non-hydrogen) atoms. The summed E-state index contributed by atoms with van der Waals surface area (Å²) < 4.78 is 19.1. The van der Waals surface area contributed by atoms with Gasteiger partial charge in [-0.25, -0.2) is 4.39 Å². The van der Waals surface area contributed by atoms with Gasteiger partial charge in [0.2, 0.25) is 0 Å². The molecule has 0 bridgehead atoms. The molecule has 1 aliphatic carbocycles. The average molecular weight is 487 g/mol. The van der Waals surface area contributed by atoms with Crippen LogP contribution in [0.3, 0.4) is 0 Å². The van der Waals surface area contributed by atoms with E-state index in [4.69, 9.17) is 4.74 Å². The third kappa shape index (κ3) is 5.95. The molecule has 2 aliphatic rings. The van der Waals surface area contributed by atoms with Crippen LogP contribution in [0.5, 0.6) is 5.75 Å². The van der Waals surface area contributed by atoms with E-state index in [2.05, 4.69) is 9.88 Å². The van der Waals surface area contributed by atoms with Crippen molar-refractivity contribution in [2.45, 2.75) is 77.0 Å². The number of rotatable bonds is 10. The molecule has 7 heteroatoms. The first-order chi connectivity index (χ1) is 17.0. The third-order valence-electron chi connectivity index (χ3n) is 8.42. The second-order valence-corrected chi connectivity index (χ2v) is 10.5. The molecule has 1 atom stereocenters. The number of methoxy groups -OCH3 is 1. The minimum Gasteiger partial charge on any atom is -0.497 e. The normalized spacial score (nSPS) is 20.1. The highest BCUT2D eigenvalue weighted by Gasteiger charge is 2.41. The Morgan fingerprint density at radius 2 is 2.00 bits per heavy atom. The van der Waals surface area contributed by atoms with Crippen LogP contribution in [0.15, 0.2) is 24.4 Å². The van der Waals surface area contributed by atoms with Crippen molar-refractivity contribution in [3.05, 3.63) is 35.5 Å². The zero-order valence-corrected chi connectivity index (χ0v) is 20.8. The lowest BCUT2D eigenvalue weighted by Gasteiger charge is -2.40. The van der Waals surface area contributed by atoms with Gasteiger partial charge in [0, 0.05) is 17.1 Å². The second-order valence-electron chi connectivity index (χ2n) is 10.5. The lowest BCUT2D eigenvalue weighted by molar-refractivity contribution is -0.153. The topological polar surface area (TPSA) is 82.9 Å². The van der Waals surface area contributed by atoms with Crippen LogP contribution in [0.1, 0.15) is 81.4 Å². The van der Waals surface area contributed by atoms with Gasteiger partial charge in [0.15, 0.2) is 0 Å². The van der Waals surface area contributed by atoms with Gasteiger partial charge in [-0.05, 0) is 81.4 Å². The lowest BCUT2D eigenvalue weighted by atomic mass is 9.73. The van der Waals surface area contributed by atoms with E-state index in [1.54, 1.807) is 25.3 Å². The Bertz CT molecular complexity index is 995. The van der Waals surface area contributed by atoms with Crippen molar-refractivity contribution in [1.82, 2.24) is 9.88 Å². The van der Waals surface area contributed by atoms with Gasteiger partial charge in [0.25, 0.3) is 0 Å². The number of carboxylic acid groups (broad SMARTS) is 1. The summed E-state index contributed by atoms with van der Waals surface area (Å²) in [7, 11) is 1.56. The quantitative estimate of drug-likeness (QED) is 0.451. The van der Waals surface area contributed by atoms with Crippen LogP contribution in [0.4, 0.5) is 4.39 Å². The predicted molar refractivity (Wildman–Crippen MR) is 134 cm³/mol. The van der Waals surface area contributed by atoms with Crippen LogP contribution < -0.4 is 4.74 Å². The molecule has 0 amide bonds. The van der Waals surface area contributed by atoms with Crippen LogP contribution in [-0.2, 0) is 11.5 Å². The van der Waals surface area contributed by atoms with Crippen LogP contribution in [-0.4, -0.2) is 52.8 Å². The number of carboxylic acids is 1. The number of aliphatic hydroxyl groups excluding tert-OH is 1. The van der Waals surface area contributed by atoms with Gasteiger partial charge in [-0.1, -0.05) is 32.1 Å². The van der Waals surface area contributed by atoms with Crippen molar-refractivity contribution >= 4 is 16.9 Å². The van der Waals surface area contributed by atoms with E-state index in [0.717, 1.165) is 25.6 Å². The minimum atomic E-state index is -0.973. The number of nitrogens with zero attached hydrogens (tertiary/aromatic N) is 2. The molecule has 4 rings (SSSR count). The van der Waals surface area contributed by atoms with E-state index in [-0.39, 0.29) is 6.42 Å². The van der Waals surface area contributed by atoms with Crippen LogP contribution in [0, 0.1) is 11.3 Å². The maximum Gasteiger partial charge on any atom is 0.309 e. The zero-order chi connectivity index (χ0) is 24.8. The fourth-order valence-electron chi connectivity index (χ4n) is 6.03. The van der Waals surface area contributed by atoms with Crippen LogP contribution in [0.25, 0.3) is 10.9 Å². The number of hydrogen-bond acceptors (Lipinski definition) is 5. The lowest BCUT2D eigenvalue weighted by Crippen LogP contribution is -2.45. The number of fused-ring (bicyclic) bond motifs is 1.